The van der Waals surface area contributed by atoms with E-state index < -0.39 is 26.6 Å². The lowest BCUT2D eigenvalue weighted by Gasteiger charge is -2.11. The number of benzene rings is 1. The van der Waals surface area contributed by atoms with Crippen molar-refractivity contribution in [2.24, 2.45) is 5.92 Å². The van der Waals surface area contributed by atoms with Gasteiger partial charge in [-0.05, 0) is 59.9 Å². The van der Waals surface area contributed by atoms with E-state index in [1.165, 1.54) is 0 Å². The van der Waals surface area contributed by atoms with Crippen molar-refractivity contribution in [1.29, 1.82) is 0 Å². The van der Waals surface area contributed by atoms with E-state index in [0.29, 0.717) is 18.4 Å². The van der Waals surface area contributed by atoms with Gasteiger partial charge in [-0.1, -0.05) is 0 Å². The highest BCUT2D eigenvalue weighted by Gasteiger charge is 2.22. The molecule has 0 radical (unpaired) electrons. The van der Waals surface area contributed by atoms with Gasteiger partial charge in [0.2, 0.25) is 10.0 Å². The van der Waals surface area contributed by atoms with Gasteiger partial charge in [0.15, 0.2) is 0 Å². The Hall–Kier alpha value is -0.570. The average Bonchev–Trinajstić information content (AvgIpc) is 2.86. The summed E-state index contributed by atoms with van der Waals surface area (Å²) in [4.78, 5) is -0.664. The highest BCUT2D eigenvalue weighted by molar-refractivity contribution is 9.10. The topological polar surface area (TPSA) is 58.2 Å². The van der Waals surface area contributed by atoms with Crippen LogP contribution in [0.25, 0.3) is 0 Å². The van der Waals surface area contributed by atoms with Gasteiger partial charge < -0.3 is 5.32 Å². The van der Waals surface area contributed by atoms with Crippen molar-refractivity contribution in [3.05, 3.63) is 28.2 Å². The summed E-state index contributed by atoms with van der Waals surface area (Å²) in [5, 5.41) is 3.18. The van der Waals surface area contributed by atoms with Crippen molar-refractivity contribution in [2.75, 3.05) is 19.6 Å². The first-order valence-electron chi connectivity index (χ1n) is 6.25. The van der Waals surface area contributed by atoms with Crippen molar-refractivity contribution < 1.29 is 17.2 Å². The van der Waals surface area contributed by atoms with E-state index in [9.17, 15) is 17.2 Å². The Morgan fingerprint density at radius 2 is 2.10 bits per heavy atom. The lowest BCUT2D eigenvalue weighted by Crippen LogP contribution is -2.27. The van der Waals surface area contributed by atoms with Crippen LogP contribution in [0.15, 0.2) is 21.5 Å². The van der Waals surface area contributed by atoms with Crippen LogP contribution < -0.4 is 10.0 Å². The van der Waals surface area contributed by atoms with Crippen molar-refractivity contribution in [3.8, 4) is 0 Å². The summed E-state index contributed by atoms with van der Waals surface area (Å²) in [7, 11) is -4.03. The van der Waals surface area contributed by atoms with Gasteiger partial charge in [-0.25, -0.2) is 21.9 Å². The molecule has 4 nitrogen and oxygen atoms in total. The van der Waals surface area contributed by atoms with Gasteiger partial charge in [0.1, 0.15) is 16.5 Å². The Morgan fingerprint density at radius 1 is 1.35 bits per heavy atom. The van der Waals surface area contributed by atoms with Gasteiger partial charge in [-0.3, -0.25) is 0 Å². The van der Waals surface area contributed by atoms with E-state index in [2.05, 4.69) is 26.0 Å². The van der Waals surface area contributed by atoms with E-state index in [-0.39, 0.29) is 11.0 Å². The first kappa shape index (κ1) is 15.8. The monoisotopic (exact) mass is 368 g/mol. The highest BCUT2D eigenvalue weighted by atomic mass is 79.9. The van der Waals surface area contributed by atoms with Crippen molar-refractivity contribution >= 4 is 26.0 Å². The third-order valence-electron chi connectivity index (χ3n) is 3.27. The Morgan fingerprint density at radius 3 is 2.75 bits per heavy atom. The van der Waals surface area contributed by atoms with Crippen LogP contribution in [0.2, 0.25) is 0 Å². The molecule has 0 aromatic heterocycles. The summed E-state index contributed by atoms with van der Waals surface area (Å²) in [6.45, 7) is 2.01. The maximum Gasteiger partial charge on any atom is 0.243 e. The Labute approximate surface area is 125 Å². The van der Waals surface area contributed by atoms with Gasteiger partial charge >= 0.3 is 0 Å². The van der Waals surface area contributed by atoms with Gasteiger partial charge in [0.25, 0.3) is 0 Å². The molecule has 0 spiro atoms. The number of hydrogen-bond donors (Lipinski definition) is 2. The molecular weight excluding hydrogens is 354 g/mol. The molecule has 0 bridgehead atoms. The van der Waals surface area contributed by atoms with Crippen molar-refractivity contribution in [2.45, 2.75) is 17.7 Å². The van der Waals surface area contributed by atoms with Gasteiger partial charge in [0, 0.05) is 6.54 Å². The summed E-state index contributed by atoms with van der Waals surface area (Å²) < 4.78 is 53.1. The van der Waals surface area contributed by atoms with Crippen molar-refractivity contribution in [3.63, 3.8) is 0 Å². The maximum absolute atomic E-state index is 13.6. The predicted molar refractivity (Wildman–Crippen MR) is 74.8 cm³/mol. The molecule has 1 atom stereocenters. The Balaban J connectivity index is 2.04. The lowest BCUT2D eigenvalue weighted by atomic mass is 10.1. The van der Waals surface area contributed by atoms with Crippen LogP contribution in [-0.4, -0.2) is 28.1 Å². The van der Waals surface area contributed by atoms with Crippen LogP contribution in [0, 0.1) is 17.6 Å². The average molecular weight is 369 g/mol. The van der Waals surface area contributed by atoms with Gasteiger partial charge in [0.05, 0.1) is 4.47 Å². The zero-order chi connectivity index (χ0) is 14.8. The minimum absolute atomic E-state index is 0.106. The molecule has 1 saturated heterocycles. The minimum atomic E-state index is -4.03. The van der Waals surface area contributed by atoms with E-state index in [0.717, 1.165) is 25.6 Å². The van der Waals surface area contributed by atoms with Gasteiger partial charge in [-0.15, -0.1) is 0 Å². The van der Waals surface area contributed by atoms with E-state index in [1.807, 2.05) is 0 Å². The largest absolute Gasteiger partial charge is 0.316 e. The maximum atomic E-state index is 13.6. The summed E-state index contributed by atoms with van der Waals surface area (Å²) in [5.74, 6) is -1.37. The van der Waals surface area contributed by atoms with Crippen LogP contribution in [0.1, 0.15) is 12.8 Å². The third kappa shape index (κ3) is 3.75. The highest BCUT2D eigenvalue weighted by Crippen LogP contribution is 2.23. The first-order chi connectivity index (χ1) is 9.40. The fourth-order valence-corrected chi connectivity index (χ4v) is 3.58. The van der Waals surface area contributed by atoms with Gasteiger partial charge in [-0.2, -0.15) is 0 Å². The molecule has 0 saturated carbocycles. The summed E-state index contributed by atoms with van der Waals surface area (Å²) in [5.41, 5.74) is 0. The van der Waals surface area contributed by atoms with E-state index in [4.69, 9.17) is 0 Å². The van der Waals surface area contributed by atoms with Crippen LogP contribution in [0.4, 0.5) is 8.78 Å². The van der Waals surface area contributed by atoms with Crippen LogP contribution >= 0.6 is 15.9 Å². The molecule has 1 aromatic carbocycles. The van der Waals surface area contributed by atoms with Crippen LogP contribution in [-0.2, 0) is 10.0 Å². The number of nitrogens with one attached hydrogen (secondary N) is 2. The molecule has 20 heavy (non-hydrogen) atoms. The second kappa shape index (κ2) is 6.46. The molecule has 8 heteroatoms. The zero-order valence-corrected chi connectivity index (χ0v) is 13.0. The van der Waals surface area contributed by atoms with E-state index >= 15 is 0 Å². The predicted octanol–water partition coefficient (Wildman–Crippen LogP) is 2.01. The minimum Gasteiger partial charge on any atom is -0.316 e. The normalized spacial score (nSPS) is 19.4. The quantitative estimate of drug-likeness (QED) is 0.781. The first-order valence-corrected chi connectivity index (χ1v) is 8.52. The summed E-state index contributed by atoms with van der Waals surface area (Å²) >= 11 is 2.81. The number of halogens is 3. The van der Waals surface area contributed by atoms with Crippen LogP contribution in [0.3, 0.4) is 0 Å². The van der Waals surface area contributed by atoms with E-state index in [1.54, 1.807) is 0 Å². The summed E-state index contributed by atoms with van der Waals surface area (Å²) in [6, 6.07) is 1.49. The number of sulfonamides is 1. The molecule has 2 N–H and O–H groups in total. The fraction of sp³-hybridized carbons (Fsp3) is 0.500. The number of rotatable bonds is 5. The molecular formula is C12H15BrF2N2O2S. The SMILES string of the molecule is O=S(=O)(NCCC1CCNC1)c1cc(F)c(Br)cc1F. The molecule has 1 heterocycles. The summed E-state index contributed by atoms with van der Waals surface area (Å²) in [6.07, 6.45) is 1.68. The zero-order valence-electron chi connectivity index (χ0n) is 10.6. The Bertz CT molecular complexity index is 589. The molecule has 2 rings (SSSR count). The molecule has 1 aliphatic rings. The number of hydrogen-bond acceptors (Lipinski definition) is 3. The molecule has 1 aliphatic heterocycles. The second-order valence-electron chi connectivity index (χ2n) is 4.74. The fourth-order valence-electron chi connectivity index (χ4n) is 2.15. The third-order valence-corrected chi connectivity index (χ3v) is 5.36. The molecule has 1 aromatic rings. The molecule has 0 aliphatic carbocycles. The molecule has 1 fully saturated rings. The molecule has 112 valence electrons. The molecule has 1 unspecified atom stereocenters. The Kier molecular flexibility index (Phi) is 5.11. The van der Waals surface area contributed by atoms with Crippen LogP contribution in [0.5, 0.6) is 0 Å². The lowest BCUT2D eigenvalue weighted by molar-refractivity contribution is 0.513. The van der Waals surface area contributed by atoms with Crippen molar-refractivity contribution in [1.82, 2.24) is 10.0 Å². The standard InChI is InChI=1S/C12H15BrF2N2O2S/c13-9-5-11(15)12(6-10(9)14)20(18,19)17-4-2-8-1-3-16-7-8/h5-6,8,16-17H,1-4,7H2. The second-order valence-corrected chi connectivity index (χ2v) is 7.33. The smallest absolute Gasteiger partial charge is 0.243 e. The molecule has 0 amide bonds.